The zero-order valence-electron chi connectivity index (χ0n) is 9.47. The lowest BCUT2D eigenvalue weighted by atomic mass is 10.2. The second kappa shape index (κ2) is 6.20. The minimum Gasteiger partial charge on any atom is -0.316 e. The van der Waals surface area contributed by atoms with Gasteiger partial charge in [-0.05, 0) is 55.8 Å². The van der Waals surface area contributed by atoms with Crippen LogP contribution < -0.4 is 5.32 Å². The van der Waals surface area contributed by atoms with Gasteiger partial charge in [0, 0.05) is 4.88 Å². The van der Waals surface area contributed by atoms with Crippen LogP contribution in [0.4, 0.5) is 0 Å². The number of rotatable bonds is 6. The van der Waals surface area contributed by atoms with Crippen LogP contribution in [0.1, 0.15) is 30.7 Å². The third-order valence-electron chi connectivity index (χ3n) is 2.28. The van der Waals surface area contributed by atoms with E-state index < -0.39 is 0 Å². The van der Waals surface area contributed by atoms with Gasteiger partial charge >= 0.3 is 0 Å². The monoisotopic (exact) mass is 211 g/mol. The number of nitrogens with one attached hydrogen (secondary N) is 1. The van der Waals surface area contributed by atoms with E-state index in [4.69, 9.17) is 0 Å². The smallest absolute Gasteiger partial charge is 0.00748 e. The maximum atomic E-state index is 3.47. The largest absolute Gasteiger partial charge is 0.316 e. The zero-order valence-corrected chi connectivity index (χ0v) is 10.3. The van der Waals surface area contributed by atoms with Gasteiger partial charge in [-0.2, -0.15) is 0 Å². The van der Waals surface area contributed by atoms with Crippen LogP contribution in [0, 0.1) is 12.8 Å². The van der Waals surface area contributed by atoms with Crippen molar-refractivity contribution in [2.75, 3.05) is 13.1 Å². The Balaban J connectivity index is 2.08. The number of thiophene rings is 1. The van der Waals surface area contributed by atoms with Gasteiger partial charge in [0.1, 0.15) is 0 Å². The molecule has 1 rings (SSSR count). The molecule has 0 spiro atoms. The third-order valence-corrected chi connectivity index (χ3v) is 3.36. The van der Waals surface area contributed by atoms with E-state index >= 15 is 0 Å². The summed E-state index contributed by atoms with van der Waals surface area (Å²) in [5, 5.41) is 5.66. The molecule has 0 saturated heterocycles. The summed E-state index contributed by atoms with van der Waals surface area (Å²) in [5.74, 6) is 0.762. The van der Waals surface area contributed by atoms with E-state index in [1.54, 1.807) is 4.88 Å². The van der Waals surface area contributed by atoms with Crippen molar-refractivity contribution in [2.45, 2.75) is 33.6 Å². The van der Waals surface area contributed by atoms with Crippen LogP contribution in [-0.4, -0.2) is 13.1 Å². The first-order chi connectivity index (χ1) is 6.70. The molecule has 14 heavy (non-hydrogen) atoms. The summed E-state index contributed by atoms with van der Waals surface area (Å²) in [4.78, 5) is 1.55. The van der Waals surface area contributed by atoms with Gasteiger partial charge in [-0.1, -0.05) is 13.8 Å². The molecule has 1 N–H and O–H groups in total. The number of hydrogen-bond acceptors (Lipinski definition) is 2. The van der Waals surface area contributed by atoms with E-state index in [1.807, 2.05) is 11.3 Å². The Hall–Kier alpha value is -0.340. The fraction of sp³-hybridized carbons (Fsp3) is 0.667. The van der Waals surface area contributed by atoms with Gasteiger partial charge in [-0.15, -0.1) is 11.3 Å². The predicted molar refractivity (Wildman–Crippen MR) is 65.1 cm³/mol. The second-order valence-corrected chi connectivity index (χ2v) is 5.23. The first-order valence-electron chi connectivity index (χ1n) is 5.44. The van der Waals surface area contributed by atoms with Gasteiger partial charge in [-0.3, -0.25) is 0 Å². The van der Waals surface area contributed by atoms with E-state index in [0.717, 1.165) is 19.0 Å². The van der Waals surface area contributed by atoms with Gasteiger partial charge in [-0.25, -0.2) is 0 Å². The topological polar surface area (TPSA) is 12.0 Å². The lowest BCUT2D eigenvalue weighted by molar-refractivity contribution is 0.543. The lowest BCUT2D eigenvalue weighted by Crippen LogP contribution is -2.21. The Morgan fingerprint density at radius 3 is 2.79 bits per heavy atom. The van der Waals surface area contributed by atoms with E-state index in [2.05, 4.69) is 37.5 Å². The Labute approximate surface area is 91.5 Å². The summed E-state index contributed by atoms with van der Waals surface area (Å²) < 4.78 is 0. The number of aryl methyl sites for hydroxylation is 2. The normalized spacial score (nSPS) is 11.1. The van der Waals surface area contributed by atoms with E-state index in [-0.39, 0.29) is 0 Å². The molecule has 0 saturated carbocycles. The maximum Gasteiger partial charge on any atom is 0.00748 e. The van der Waals surface area contributed by atoms with Gasteiger partial charge < -0.3 is 5.32 Å². The summed E-state index contributed by atoms with van der Waals surface area (Å²) in [6.45, 7) is 8.99. The van der Waals surface area contributed by atoms with Crippen LogP contribution in [0.3, 0.4) is 0 Å². The molecule has 2 heteroatoms. The van der Waals surface area contributed by atoms with E-state index in [9.17, 15) is 0 Å². The van der Waals surface area contributed by atoms with Crippen LogP contribution in [-0.2, 0) is 6.42 Å². The highest BCUT2D eigenvalue weighted by atomic mass is 32.1. The molecule has 1 nitrogen and oxygen atoms in total. The minimum atomic E-state index is 0.762. The predicted octanol–water partition coefficient (Wildman–Crippen LogP) is 3.23. The average Bonchev–Trinajstić information content (AvgIpc) is 2.51. The van der Waals surface area contributed by atoms with Crippen molar-refractivity contribution in [3.63, 3.8) is 0 Å². The molecule has 0 unspecified atom stereocenters. The molecule has 0 atom stereocenters. The molecule has 0 aromatic carbocycles. The Bertz CT molecular complexity index is 253. The molecule has 0 amide bonds. The molecule has 80 valence electrons. The van der Waals surface area contributed by atoms with Crippen LogP contribution in [0.25, 0.3) is 0 Å². The Morgan fingerprint density at radius 2 is 2.21 bits per heavy atom. The Morgan fingerprint density at radius 1 is 1.43 bits per heavy atom. The van der Waals surface area contributed by atoms with Crippen LogP contribution >= 0.6 is 11.3 Å². The van der Waals surface area contributed by atoms with Crippen molar-refractivity contribution >= 4 is 11.3 Å². The minimum absolute atomic E-state index is 0.762. The molecular formula is C12H21NS. The molecule has 0 bridgehead atoms. The average molecular weight is 211 g/mol. The van der Waals surface area contributed by atoms with E-state index in [0.29, 0.717) is 0 Å². The summed E-state index contributed by atoms with van der Waals surface area (Å²) in [5.41, 5.74) is 1.46. The van der Waals surface area contributed by atoms with Crippen molar-refractivity contribution in [2.24, 2.45) is 5.92 Å². The highest BCUT2D eigenvalue weighted by molar-refractivity contribution is 7.10. The SMILES string of the molecule is Cc1ccsc1CCCNCC(C)C. The maximum absolute atomic E-state index is 3.47. The molecule has 0 aliphatic heterocycles. The Kier molecular flexibility index (Phi) is 5.20. The van der Waals surface area contributed by atoms with Crippen LogP contribution in [0.5, 0.6) is 0 Å². The third kappa shape index (κ3) is 4.25. The van der Waals surface area contributed by atoms with Crippen molar-refractivity contribution < 1.29 is 0 Å². The molecule has 0 radical (unpaired) electrons. The quantitative estimate of drug-likeness (QED) is 0.712. The van der Waals surface area contributed by atoms with Crippen molar-refractivity contribution in [1.82, 2.24) is 5.32 Å². The lowest BCUT2D eigenvalue weighted by Gasteiger charge is -2.06. The van der Waals surface area contributed by atoms with Gasteiger partial charge in [0.15, 0.2) is 0 Å². The number of hydrogen-bond donors (Lipinski definition) is 1. The first-order valence-corrected chi connectivity index (χ1v) is 6.32. The van der Waals surface area contributed by atoms with Crippen molar-refractivity contribution in [1.29, 1.82) is 0 Å². The summed E-state index contributed by atoms with van der Waals surface area (Å²) in [7, 11) is 0. The van der Waals surface area contributed by atoms with Crippen LogP contribution in [0.2, 0.25) is 0 Å². The van der Waals surface area contributed by atoms with Gasteiger partial charge in [0.2, 0.25) is 0 Å². The second-order valence-electron chi connectivity index (χ2n) is 4.23. The fourth-order valence-corrected chi connectivity index (χ4v) is 2.38. The highest BCUT2D eigenvalue weighted by Gasteiger charge is 1.99. The summed E-state index contributed by atoms with van der Waals surface area (Å²) >= 11 is 1.89. The molecule has 1 aromatic rings. The highest BCUT2D eigenvalue weighted by Crippen LogP contribution is 2.16. The fourth-order valence-electron chi connectivity index (χ4n) is 1.42. The summed E-state index contributed by atoms with van der Waals surface area (Å²) in [6.07, 6.45) is 2.49. The van der Waals surface area contributed by atoms with E-state index in [1.165, 1.54) is 18.4 Å². The van der Waals surface area contributed by atoms with Crippen molar-refractivity contribution in [3.05, 3.63) is 21.9 Å². The molecule has 1 aromatic heterocycles. The molecule has 1 heterocycles. The molecule has 0 aliphatic carbocycles. The standard InChI is InChI=1S/C12H21NS/c1-10(2)9-13-7-4-5-12-11(3)6-8-14-12/h6,8,10,13H,4-5,7,9H2,1-3H3. The molecule has 0 aliphatic rings. The zero-order chi connectivity index (χ0) is 10.4. The first kappa shape index (κ1) is 11.7. The van der Waals surface area contributed by atoms with Crippen molar-refractivity contribution in [3.8, 4) is 0 Å². The van der Waals surface area contributed by atoms with Gasteiger partial charge in [0.25, 0.3) is 0 Å². The van der Waals surface area contributed by atoms with Gasteiger partial charge in [0.05, 0.1) is 0 Å². The molecular weight excluding hydrogens is 190 g/mol. The van der Waals surface area contributed by atoms with Crippen LogP contribution in [0.15, 0.2) is 11.4 Å². The summed E-state index contributed by atoms with van der Waals surface area (Å²) in [6, 6.07) is 2.21. The molecule has 0 fully saturated rings.